The molecule has 2 aromatic rings. The van der Waals surface area contributed by atoms with E-state index < -0.39 is 5.97 Å². The summed E-state index contributed by atoms with van der Waals surface area (Å²) >= 11 is 0. The Morgan fingerprint density at radius 2 is 1.89 bits per heavy atom. The van der Waals surface area contributed by atoms with E-state index in [2.05, 4.69) is 14.7 Å². The number of rotatable bonds is 3. The van der Waals surface area contributed by atoms with E-state index >= 15 is 0 Å². The molecule has 0 saturated heterocycles. The molecule has 98 valence electrons. The number of carbonyl (C=O) groups is 1. The highest BCUT2D eigenvalue weighted by Gasteiger charge is 2.20. The predicted molar refractivity (Wildman–Crippen MR) is 71.2 cm³/mol. The highest BCUT2D eigenvalue weighted by Crippen LogP contribution is 2.29. The summed E-state index contributed by atoms with van der Waals surface area (Å²) in [5.74, 6) is -0.702. The Morgan fingerprint density at radius 3 is 2.58 bits per heavy atom. The van der Waals surface area contributed by atoms with Gasteiger partial charge >= 0.3 is 5.97 Å². The van der Waals surface area contributed by atoms with Crippen molar-refractivity contribution in [3.8, 4) is 5.75 Å². The number of carbonyl (C=O) groups excluding carboxylic acids is 1. The lowest BCUT2D eigenvalue weighted by atomic mass is 10.0. The van der Waals surface area contributed by atoms with Crippen LogP contribution in [0.4, 0.5) is 0 Å². The van der Waals surface area contributed by atoms with Crippen LogP contribution in [-0.4, -0.2) is 31.0 Å². The zero-order valence-corrected chi connectivity index (χ0v) is 10.6. The van der Waals surface area contributed by atoms with Crippen molar-refractivity contribution in [2.45, 2.75) is 0 Å². The molecule has 2 rings (SSSR count). The Labute approximate surface area is 110 Å². The molecule has 0 heterocycles. The quantitative estimate of drug-likeness (QED) is 0.520. The lowest BCUT2D eigenvalue weighted by molar-refractivity contribution is -0.132. The molecule has 19 heavy (non-hydrogen) atoms. The van der Waals surface area contributed by atoms with Crippen LogP contribution >= 0.6 is 0 Å². The molecule has 0 atom stereocenters. The van der Waals surface area contributed by atoms with Crippen molar-refractivity contribution in [2.24, 2.45) is 5.16 Å². The lowest BCUT2D eigenvalue weighted by Crippen LogP contribution is -2.17. The number of benzene rings is 2. The van der Waals surface area contributed by atoms with E-state index in [1.165, 1.54) is 14.2 Å². The molecule has 0 amide bonds. The van der Waals surface area contributed by atoms with Crippen molar-refractivity contribution < 1.29 is 19.5 Å². The lowest BCUT2D eigenvalue weighted by Gasteiger charge is -2.08. The summed E-state index contributed by atoms with van der Waals surface area (Å²) in [6, 6.07) is 10.7. The summed E-state index contributed by atoms with van der Waals surface area (Å²) in [5, 5.41) is 15.4. The summed E-state index contributed by atoms with van der Waals surface area (Å²) < 4.78 is 4.63. The van der Waals surface area contributed by atoms with Crippen LogP contribution in [-0.2, 0) is 14.4 Å². The van der Waals surface area contributed by atoms with Crippen LogP contribution in [0.1, 0.15) is 5.56 Å². The molecular weight excluding hydrogens is 246 g/mol. The fraction of sp³-hybridized carbons (Fsp3) is 0.143. The zero-order chi connectivity index (χ0) is 13.8. The van der Waals surface area contributed by atoms with Gasteiger partial charge in [0.25, 0.3) is 0 Å². The number of fused-ring (bicyclic) bond motifs is 1. The Balaban J connectivity index is 2.64. The van der Waals surface area contributed by atoms with Crippen molar-refractivity contribution in [3.05, 3.63) is 42.0 Å². The van der Waals surface area contributed by atoms with E-state index in [1.54, 1.807) is 24.3 Å². The Morgan fingerprint density at radius 1 is 1.16 bits per heavy atom. The summed E-state index contributed by atoms with van der Waals surface area (Å²) in [6.45, 7) is 0. The standard InChI is InChI=1S/C14H13NO4/c1-18-14(17)12(15-19-2)11-8-7-9-5-3-4-6-10(9)13(11)16/h3-8,16H,1-2H3. The van der Waals surface area contributed by atoms with Crippen LogP contribution in [0.3, 0.4) is 0 Å². The number of oxime groups is 1. The first-order valence-corrected chi connectivity index (χ1v) is 5.59. The average Bonchev–Trinajstić information content (AvgIpc) is 2.45. The molecule has 0 fully saturated rings. The number of esters is 1. The third-order valence-corrected chi connectivity index (χ3v) is 2.72. The van der Waals surface area contributed by atoms with Crippen molar-refractivity contribution >= 4 is 22.5 Å². The number of hydrogen-bond acceptors (Lipinski definition) is 5. The fourth-order valence-electron chi connectivity index (χ4n) is 1.83. The van der Waals surface area contributed by atoms with Gasteiger partial charge in [-0.25, -0.2) is 4.79 Å². The Kier molecular flexibility index (Phi) is 3.66. The van der Waals surface area contributed by atoms with Gasteiger partial charge in [-0.3, -0.25) is 0 Å². The predicted octanol–water partition coefficient (Wildman–Crippen LogP) is 2.07. The van der Waals surface area contributed by atoms with Gasteiger partial charge in [-0.05, 0) is 11.5 Å². The van der Waals surface area contributed by atoms with Crippen LogP contribution in [0.15, 0.2) is 41.6 Å². The van der Waals surface area contributed by atoms with E-state index in [0.29, 0.717) is 5.39 Å². The number of ether oxygens (including phenoxy) is 1. The summed E-state index contributed by atoms with van der Waals surface area (Å²) in [7, 11) is 2.56. The van der Waals surface area contributed by atoms with Gasteiger partial charge in [0.15, 0.2) is 5.71 Å². The SMILES string of the molecule is CON=C(C(=O)OC)c1ccc2ccccc2c1O. The van der Waals surface area contributed by atoms with Gasteiger partial charge in [0, 0.05) is 5.39 Å². The van der Waals surface area contributed by atoms with E-state index in [-0.39, 0.29) is 17.0 Å². The average molecular weight is 259 g/mol. The number of phenolic OH excluding ortho intramolecular Hbond substituents is 1. The van der Waals surface area contributed by atoms with Crippen molar-refractivity contribution in [2.75, 3.05) is 14.2 Å². The molecule has 0 spiro atoms. The van der Waals surface area contributed by atoms with Gasteiger partial charge in [-0.2, -0.15) is 0 Å². The monoisotopic (exact) mass is 259 g/mol. The first kappa shape index (κ1) is 12.9. The molecule has 0 aliphatic rings. The molecule has 0 saturated carbocycles. The van der Waals surface area contributed by atoms with E-state index in [0.717, 1.165) is 5.39 Å². The van der Waals surface area contributed by atoms with E-state index in [1.807, 2.05) is 12.1 Å². The van der Waals surface area contributed by atoms with Crippen LogP contribution in [0, 0.1) is 0 Å². The third-order valence-electron chi connectivity index (χ3n) is 2.72. The second-order valence-corrected chi connectivity index (χ2v) is 3.80. The summed E-state index contributed by atoms with van der Waals surface area (Å²) in [5.41, 5.74) is 0.195. The Bertz CT molecular complexity index is 649. The molecule has 0 unspecified atom stereocenters. The molecule has 2 aromatic carbocycles. The van der Waals surface area contributed by atoms with Gasteiger partial charge in [-0.1, -0.05) is 35.5 Å². The second kappa shape index (κ2) is 5.39. The fourth-order valence-corrected chi connectivity index (χ4v) is 1.83. The van der Waals surface area contributed by atoms with E-state index in [9.17, 15) is 9.90 Å². The Hall–Kier alpha value is -2.56. The maximum absolute atomic E-state index is 11.6. The minimum Gasteiger partial charge on any atom is -0.507 e. The van der Waals surface area contributed by atoms with Gasteiger partial charge in [-0.15, -0.1) is 0 Å². The van der Waals surface area contributed by atoms with Crippen molar-refractivity contribution in [3.63, 3.8) is 0 Å². The molecule has 0 radical (unpaired) electrons. The van der Waals surface area contributed by atoms with Gasteiger partial charge < -0.3 is 14.7 Å². The molecule has 0 aromatic heterocycles. The first-order valence-electron chi connectivity index (χ1n) is 5.59. The molecule has 1 N–H and O–H groups in total. The van der Waals surface area contributed by atoms with Crippen LogP contribution < -0.4 is 0 Å². The molecular formula is C14H13NO4. The van der Waals surface area contributed by atoms with Crippen molar-refractivity contribution in [1.29, 1.82) is 0 Å². The third kappa shape index (κ3) is 2.35. The molecule has 5 heteroatoms. The summed E-state index contributed by atoms with van der Waals surface area (Å²) in [6.07, 6.45) is 0. The molecule has 0 bridgehead atoms. The zero-order valence-electron chi connectivity index (χ0n) is 10.6. The normalized spacial score (nSPS) is 11.4. The van der Waals surface area contributed by atoms with Crippen LogP contribution in [0.5, 0.6) is 5.75 Å². The number of nitrogens with zero attached hydrogens (tertiary/aromatic N) is 1. The topological polar surface area (TPSA) is 68.1 Å². The highest BCUT2D eigenvalue weighted by molar-refractivity contribution is 6.44. The number of phenols is 1. The summed E-state index contributed by atoms with van der Waals surface area (Å²) in [4.78, 5) is 16.3. The molecule has 0 aliphatic carbocycles. The number of aromatic hydroxyl groups is 1. The smallest absolute Gasteiger partial charge is 0.360 e. The maximum atomic E-state index is 11.6. The minimum absolute atomic E-state index is 0.0284. The van der Waals surface area contributed by atoms with Gasteiger partial charge in [0.1, 0.15) is 12.9 Å². The number of hydrogen-bond donors (Lipinski definition) is 1. The largest absolute Gasteiger partial charge is 0.507 e. The van der Waals surface area contributed by atoms with Gasteiger partial charge in [0.2, 0.25) is 0 Å². The van der Waals surface area contributed by atoms with Crippen LogP contribution in [0.2, 0.25) is 0 Å². The minimum atomic E-state index is -0.674. The van der Waals surface area contributed by atoms with E-state index in [4.69, 9.17) is 0 Å². The first-order chi connectivity index (χ1) is 9.19. The second-order valence-electron chi connectivity index (χ2n) is 3.80. The number of methoxy groups -OCH3 is 1. The van der Waals surface area contributed by atoms with Crippen molar-refractivity contribution in [1.82, 2.24) is 0 Å². The van der Waals surface area contributed by atoms with Gasteiger partial charge in [0.05, 0.1) is 12.7 Å². The van der Waals surface area contributed by atoms with Crippen LogP contribution in [0.25, 0.3) is 10.8 Å². The highest BCUT2D eigenvalue weighted by atomic mass is 16.6. The maximum Gasteiger partial charge on any atom is 0.360 e. The molecule has 0 aliphatic heterocycles. The molecule has 5 nitrogen and oxygen atoms in total.